The number of amides is 1. The van der Waals surface area contributed by atoms with E-state index < -0.39 is 5.91 Å². The number of hydrogen-bond donors (Lipinski definition) is 2. The molecule has 1 heterocycles. The van der Waals surface area contributed by atoms with E-state index in [9.17, 15) is 4.79 Å². The predicted molar refractivity (Wildman–Crippen MR) is 63.8 cm³/mol. The fraction of sp³-hybridized carbons (Fsp3) is 0.0833. The Hall–Kier alpha value is -2.23. The molecule has 0 spiro atoms. The molecule has 4 N–H and O–H groups in total. The lowest BCUT2D eigenvalue weighted by molar-refractivity contribution is 0.0993. The standard InChI is InChI=1S/C12H13N3O/c1-15-7-9(13)10(11(15)12(14)16)8-5-3-2-4-6-8/h2-7H,13H2,1H3,(H2,14,16). The number of aromatic nitrogens is 1. The fourth-order valence-corrected chi connectivity index (χ4v) is 1.86. The first-order valence-corrected chi connectivity index (χ1v) is 4.91. The second kappa shape index (κ2) is 3.73. The normalized spacial score (nSPS) is 10.3. The first-order chi connectivity index (χ1) is 7.61. The molecule has 4 nitrogen and oxygen atoms in total. The van der Waals surface area contributed by atoms with Crippen LogP contribution in [0.2, 0.25) is 0 Å². The third kappa shape index (κ3) is 1.54. The molecule has 0 saturated carbocycles. The number of aryl methyl sites for hydroxylation is 1. The van der Waals surface area contributed by atoms with Crippen molar-refractivity contribution in [2.45, 2.75) is 0 Å². The number of nitrogens with two attached hydrogens (primary N) is 2. The molecular formula is C12H13N3O. The van der Waals surface area contributed by atoms with Crippen molar-refractivity contribution in [2.24, 2.45) is 12.8 Å². The number of nitrogen functional groups attached to an aromatic ring is 1. The van der Waals surface area contributed by atoms with Crippen LogP contribution in [0.1, 0.15) is 10.5 Å². The molecule has 4 heteroatoms. The van der Waals surface area contributed by atoms with Crippen molar-refractivity contribution < 1.29 is 4.79 Å². The van der Waals surface area contributed by atoms with E-state index in [1.54, 1.807) is 17.8 Å². The van der Waals surface area contributed by atoms with Gasteiger partial charge in [0.25, 0.3) is 5.91 Å². The lowest BCUT2D eigenvalue weighted by atomic mass is 10.0. The van der Waals surface area contributed by atoms with Gasteiger partial charge in [-0.2, -0.15) is 0 Å². The summed E-state index contributed by atoms with van der Waals surface area (Å²) < 4.78 is 1.65. The van der Waals surface area contributed by atoms with E-state index in [-0.39, 0.29) is 0 Å². The number of nitrogens with zero attached hydrogens (tertiary/aromatic N) is 1. The SMILES string of the molecule is Cn1cc(N)c(-c2ccccc2)c1C(N)=O. The molecule has 82 valence electrons. The van der Waals surface area contributed by atoms with Crippen LogP contribution in [-0.2, 0) is 7.05 Å². The van der Waals surface area contributed by atoms with Gasteiger partial charge in [-0.05, 0) is 5.56 Å². The van der Waals surface area contributed by atoms with Crippen LogP contribution < -0.4 is 11.5 Å². The molecule has 0 aliphatic heterocycles. The predicted octanol–water partition coefficient (Wildman–Crippen LogP) is 1.37. The van der Waals surface area contributed by atoms with Crippen LogP contribution >= 0.6 is 0 Å². The Kier molecular flexibility index (Phi) is 2.40. The quantitative estimate of drug-likeness (QED) is 0.794. The molecule has 1 amide bonds. The van der Waals surface area contributed by atoms with Crippen molar-refractivity contribution >= 4 is 11.6 Å². The molecule has 1 aromatic carbocycles. The summed E-state index contributed by atoms with van der Waals surface area (Å²) in [6.45, 7) is 0. The highest BCUT2D eigenvalue weighted by Gasteiger charge is 2.17. The molecule has 1 aromatic heterocycles. The van der Waals surface area contributed by atoms with Crippen molar-refractivity contribution in [1.82, 2.24) is 4.57 Å². The van der Waals surface area contributed by atoms with E-state index in [2.05, 4.69) is 0 Å². The molecule has 0 fully saturated rings. The smallest absolute Gasteiger partial charge is 0.266 e. The van der Waals surface area contributed by atoms with E-state index in [1.165, 1.54) is 0 Å². The Balaban J connectivity index is 2.69. The monoisotopic (exact) mass is 215 g/mol. The van der Waals surface area contributed by atoms with Crippen LogP contribution in [0, 0.1) is 0 Å². The van der Waals surface area contributed by atoms with Gasteiger partial charge in [-0.15, -0.1) is 0 Å². The van der Waals surface area contributed by atoms with Gasteiger partial charge in [0.05, 0.1) is 5.69 Å². The Bertz CT molecular complexity index is 529. The van der Waals surface area contributed by atoms with Gasteiger partial charge in [0.1, 0.15) is 5.69 Å². The Morgan fingerprint density at radius 3 is 2.44 bits per heavy atom. The lowest BCUT2D eigenvalue weighted by Crippen LogP contribution is -2.16. The van der Waals surface area contributed by atoms with E-state index in [0.29, 0.717) is 16.9 Å². The zero-order chi connectivity index (χ0) is 11.7. The van der Waals surface area contributed by atoms with Gasteiger partial charge < -0.3 is 16.0 Å². The first kappa shape index (κ1) is 10.3. The Morgan fingerprint density at radius 1 is 1.25 bits per heavy atom. The summed E-state index contributed by atoms with van der Waals surface area (Å²) in [5, 5.41) is 0. The van der Waals surface area contributed by atoms with E-state index in [4.69, 9.17) is 11.5 Å². The van der Waals surface area contributed by atoms with Crippen LogP contribution in [0.25, 0.3) is 11.1 Å². The molecule has 0 bridgehead atoms. The average molecular weight is 215 g/mol. The summed E-state index contributed by atoms with van der Waals surface area (Å²) in [5.41, 5.74) is 13.8. The minimum Gasteiger partial charge on any atom is -0.397 e. The molecule has 0 radical (unpaired) electrons. The Morgan fingerprint density at radius 2 is 1.88 bits per heavy atom. The minimum absolute atomic E-state index is 0.434. The number of primary amides is 1. The summed E-state index contributed by atoms with van der Waals surface area (Å²) in [6, 6.07) is 9.50. The highest BCUT2D eigenvalue weighted by Crippen LogP contribution is 2.30. The fourth-order valence-electron chi connectivity index (χ4n) is 1.86. The Labute approximate surface area is 93.5 Å². The summed E-state index contributed by atoms with van der Waals surface area (Å²) in [4.78, 5) is 11.4. The lowest BCUT2D eigenvalue weighted by Gasteiger charge is -2.04. The number of anilines is 1. The molecule has 0 saturated heterocycles. The third-order valence-corrected chi connectivity index (χ3v) is 2.51. The van der Waals surface area contributed by atoms with Crippen molar-refractivity contribution in [2.75, 3.05) is 5.73 Å². The molecule has 0 aliphatic carbocycles. The highest BCUT2D eigenvalue weighted by molar-refractivity contribution is 6.02. The molecule has 0 aliphatic rings. The number of rotatable bonds is 2. The second-order valence-electron chi connectivity index (χ2n) is 3.65. The van der Waals surface area contributed by atoms with E-state index in [0.717, 1.165) is 5.56 Å². The first-order valence-electron chi connectivity index (χ1n) is 4.91. The third-order valence-electron chi connectivity index (χ3n) is 2.51. The zero-order valence-corrected chi connectivity index (χ0v) is 8.97. The van der Waals surface area contributed by atoms with Gasteiger partial charge >= 0.3 is 0 Å². The maximum absolute atomic E-state index is 11.4. The summed E-state index contributed by atoms with van der Waals surface area (Å²) in [5.74, 6) is -0.474. The van der Waals surface area contributed by atoms with Crippen LogP contribution in [-0.4, -0.2) is 10.5 Å². The molecule has 0 unspecified atom stereocenters. The van der Waals surface area contributed by atoms with Gasteiger partial charge in [0.2, 0.25) is 0 Å². The maximum Gasteiger partial charge on any atom is 0.266 e. The zero-order valence-electron chi connectivity index (χ0n) is 8.97. The van der Waals surface area contributed by atoms with Crippen LogP contribution in [0.15, 0.2) is 36.5 Å². The topological polar surface area (TPSA) is 74.0 Å². The van der Waals surface area contributed by atoms with Gasteiger partial charge in [-0.1, -0.05) is 30.3 Å². The number of hydrogen-bond acceptors (Lipinski definition) is 2. The molecular weight excluding hydrogens is 202 g/mol. The highest BCUT2D eigenvalue weighted by atomic mass is 16.1. The number of benzene rings is 1. The van der Waals surface area contributed by atoms with Crippen molar-refractivity contribution in [1.29, 1.82) is 0 Å². The number of carbonyl (C=O) groups excluding carboxylic acids is 1. The average Bonchev–Trinajstić information content (AvgIpc) is 2.55. The van der Waals surface area contributed by atoms with E-state index in [1.807, 2.05) is 30.3 Å². The maximum atomic E-state index is 11.4. The van der Waals surface area contributed by atoms with Gasteiger partial charge in [-0.3, -0.25) is 4.79 Å². The largest absolute Gasteiger partial charge is 0.397 e. The van der Waals surface area contributed by atoms with Crippen molar-refractivity contribution in [3.8, 4) is 11.1 Å². The van der Waals surface area contributed by atoms with E-state index >= 15 is 0 Å². The van der Waals surface area contributed by atoms with Gasteiger partial charge in [0, 0.05) is 18.8 Å². The number of carbonyl (C=O) groups is 1. The molecule has 0 atom stereocenters. The molecule has 2 rings (SSSR count). The molecule has 16 heavy (non-hydrogen) atoms. The van der Waals surface area contributed by atoms with Crippen LogP contribution in [0.5, 0.6) is 0 Å². The summed E-state index contributed by atoms with van der Waals surface area (Å²) in [6.07, 6.45) is 1.70. The van der Waals surface area contributed by atoms with Crippen LogP contribution in [0.3, 0.4) is 0 Å². The van der Waals surface area contributed by atoms with Crippen LogP contribution in [0.4, 0.5) is 5.69 Å². The summed E-state index contributed by atoms with van der Waals surface area (Å²) >= 11 is 0. The molecule has 2 aromatic rings. The van der Waals surface area contributed by atoms with Crippen molar-refractivity contribution in [3.05, 3.63) is 42.2 Å². The van der Waals surface area contributed by atoms with Gasteiger partial charge in [0.15, 0.2) is 0 Å². The minimum atomic E-state index is -0.474. The second-order valence-corrected chi connectivity index (χ2v) is 3.65. The summed E-state index contributed by atoms with van der Waals surface area (Å²) in [7, 11) is 1.75. The van der Waals surface area contributed by atoms with Crippen molar-refractivity contribution in [3.63, 3.8) is 0 Å². The van der Waals surface area contributed by atoms with Gasteiger partial charge in [-0.25, -0.2) is 0 Å².